The Balaban J connectivity index is 2.29. The van der Waals surface area contributed by atoms with Gasteiger partial charge in [-0.3, -0.25) is 0 Å². The van der Waals surface area contributed by atoms with Crippen LogP contribution in [-0.4, -0.2) is 13.2 Å². The van der Waals surface area contributed by atoms with Crippen LogP contribution >= 0.6 is 21.7 Å². The lowest BCUT2D eigenvalue weighted by molar-refractivity contribution is 0.122. The summed E-state index contributed by atoms with van der Waals surface area (Å²) in [7, 11) is 6.76. The van der Waals surface area contributed by atoms with Crippen LogP contribution in [-0.2, 0) is 4.84 Å². The number of rotatable bonds is 6. The molecule has 14 heavy (non-hydrogen) atoms. The van der Waals surface area contributed by atoms with Gasteiger partial charge in [-0.25, -0.2) is 5.90 Å². The minimum atomic E-state index is 0.510. The van der Waals surface area contributed by atoms with E-state index in [2.05, 4.69) is 4.84 Å². The van der Waals surface area contributed by atoms with E-state index in [1.54, 1.807) is 0 Å². The second-order valence-corrected chi connectivity index (χ2v) is 3.71. The van der Waals surface area contributed by atoms with Crippen molar-refractivity contribution in [2.24, 2.45) is 5.90 Å². The Labute approximate surface area is 92.0 Å². The first-order chi connectivity index (χ1) is 6.86. The SMILES string of the molecule is NOCCCOc1ccc(SCl)cc1. The van der Waals surface area contributed by atoms with Gasteiger partial charge in [-0.2, -0.15) is 0 Å². The minimum Gasteiger partial charge on any atom is -0.494 e. The number of halogens is 1. The van der Waals surface area contributed by atoms with Gasteiger partial charge in [0.2, 0.25) is 0 Å². The van der Waals surface area contributed by atoms with Crippen LogP contribution in [0.1, 0.15) is 6.42 Å². The Bertz CT molecular complexity index is 255. The number of hydrogen-bond acceptors (Lipinski definition) is 4. The minimum absolute atomic E-state index is 0.510. The molecule has 0 amide bonds. The molecule has 0 saturated heterocycles. The van der Waals surface area contributed by atoms with Gasteiger partial charge in [-0.05, 0) is 45.9 Å². The van der Waals surface area contributed by atoms with Crippen LogP contribution in [0.4, 0.5) is 0 Å². The average molecular weight is 234 g/mol. The molecular formula is C9H12ClNO2S. The topological polar surface area (TPSA) is 44.5 Å². The van der Waals surface area contributed by atoms with Gasteiger partial charge in [-0.15, -0.1) is 0 Å². The van der Waals surface area contributed by atoms with Gasteiger partial charge in [0.25, 0.3) is 0 Å². The van der Waals surface area contributed by atoms with E-state index in [9.17, 15) is 0 Å². The van der Waals surface area contributed by atoms with Crippen LogP contribution < -0.4 is 10.6 Å². The quantitative estimate of drug-likeness (QED) is 0.606. The first-order valence-corrected chi connectivity index (χ1v) is 5.84. The molecule has 0 radical (unpaired) electrons. The molecule has 2 N–H and O–H groups in total. The van der Waals surface area contributed by atoms with Crippen molar-refractivity contribution >= 4 is 21.7 Å². The van der Waals surface area contributed by atoms with Gasteiger partial charge in [-0.1, -0.05) is 0 Å². The lowest BCUT2D eigenvalue weighted by atomic mass is 10.3. The van der Waals surface area contributed by atoms with Gasteiger partial charge < -0.3 is 9.57 Å². The Kier molecular flexibility index (Phi) is 5.78. The summed E-state index contributed by atoms with van der Waals surface area (Å²) in [6.45, 7) is 1.11. The first kappa shape index (κ1) is 11.7. The molecule has 5 heteroatoms. The second-order valence-electron chi connectivity index (χ2n) is 2.62. The highest BCUT2D eigenvalue weighted by atomic mass is 35.7. The summed E-state index contributed by atoms with van der Waals surface area (Å²) in [6.07, 6.45) is 0.780. The smallest absolute Gasteiger partial charge is 0.119 e. The average Bonchev–Trinajstić information content (AvgIpc) is 2.25. The van der Waals surface area contributed by atoms with Crippen molar-refractivity contribution in [1.82, 2.24) is 0 Å². The van der Waals surface area contributed by atoms with E-state index in [-0.39, 0.29) is 0 Å². The lowest BCUT2D eigenvalue weighted by Gasteiger charge is -2.05. The molecule has 0 fully saturated rings. The predicted octanol–water partition coefficient (Wildman–Crippen LogP) is 2.59. The second kappa shape index (κ2) is 6.95. The zero-order chi connectivity index (χ0) is 10.2. The molecule has 0 unspecified atom stereocenters. The normalized spacial score (nSPS) is 10.1. The standard InChI is InChI=1S/C9H12ClNO2S/c10-14-9-4-2-8(3-5-9)12-6-1-7-13-11/h2-5H,1,6-7,11H2. The predicted molar refractivity (Wildman–Crippen MR) is 58.4 cm³/mol. The number of ether oxygens (including phenoxy) is 1. The summed E-state index contributed by atoms with van der Waals surface area (Å²) < 4.78 is 5.42. The van der Waals surface area contributed by atoms with Gasteiger partial charge in [0.15, 0.2) is 0 Å². The van der Waals surface area contributed by atoms with Crippen molar-refractivity contribution in [3.63, 3.8) is 0 Å². The number of hydrogen-bond donors (Lipinski definition) is 1. The molecule has 0 atom stereocenters. The zero-order valence-corrected chi connectivity index (χ0v) is 9.18. The van der Waals surface area contributed by atoms with E-state index in [0.717, 1.165) is 17.1 Å². The van der Waals surface area contributed by atoms with E-state index in [4.69, 9.17) is 21.3 Å². The molecule has 1 rings (SSSR count). The van der Waals surface area contributed by atoms with E-state index in [1.807, 2.05) is 24.3 Å². The van der Waals surface area contributed by atoms with Crippen molar-refractivity contribution < 1.29 is 9.57 Å². The Morgan fingerprint density at radius 3 is 2.50 bits per heavy atom. The molecular weight excluding hydrogens is 222 g/mol. The van der Waals surface area contributed by atoms with E-state index in [1.165, 1.54) is 11.0 Å². The molecule has 0 aliphatic rings. The summed E-state index contributed by atoms with van der Waals surface area (Å²) in [5.74, 6) is 5.70. The number of benzene rings is 1. The molecule has 1 aromatic rings. The molecule has 0 bridgehead atoms. The maximum atomic E-state index is 5.57. The highest BCUT2D eigenvalue weighted by Gasteiger charge is 1.94. The van der Waals surface area contributed by atoms with Gasteiger partial charge >= 0.3 is 0 Å². The Hall–Kier alpha value is -0.420. The summed E-state index contributed by atoms with van der Waals surface area (Å²) in [4.78, 5) is 5.42. The Morgan fingerprint density at radius 1 is 1.21 bits per heavy atom. The van der Waals surface area contributed by atoms with Crippen LogP contribution in [0.15, 0.2) is 29.2 Å². The fourth-order valence-corrected chi connectivity index (χ4v) is 1.47. The van der Waals surface area contributed by atoms with Crippen LogP contribution in [0.3, 0.4) is 0 Å². The maximum Gasteiger partial charge on any atom is 0.119 e. The molecule has 0 aromatic heterocycles. The van der Waals surface area contributed by atoms with Crippen molar-refractivity contribution in [2.45, 2.75) is 11.3 Å². The third-order valence-electron chi connectivity index (χ3n) is 1.59. The van der Waals surface area contributed by atoms with E-state index < -0.39 is 0 Å². The molecule has 0 spiro atoms. The maximum absolute atomic E-state index is 5.57. The van der Waals surface area contributed by atoms with Crippen molar-refractivity contribution in [3.8, 4) is 5.75 Å². The first-order valence-electron chi connectivity index (χ1n) is 4.20. The van der Waals surface area contributed by atoms with Gasteiger partial charge in [0.05, 0.1) is 13.2 Å². The molecule has 0 aliphatic heterocycles. The fraction of sp³-hybridized carbons (Fsp3) is 0.333. The van der Waals surface area contributed by atoms with Crippen LogP contribution in [0.2, 0.25) is 0 Å². The highest BCUT2D eigenvalue weighted by molar-refractivity contribution is 8.21. The largest absolute Gasteiger partial charge is 0.494 e. The summed E-state index contributed by atoms with van der Waals surface area (Å²) in [6, 6.07) is 7.58. The van der Waals surface area contributed by atoms with E-state index >= 15 is 0 Å². The van der Waals surface area contributed by atoms with Crippen molar-refractivity contribution in [2.75, 3.05) is 13.2 Å². The van der Waals surface area contributed by atoms with Crippen molar-refractivity contribution in [1.29, 1.82) is 0 Å². The van der Waals surface area contributed by atoms with Gasteiger partial charge in [0, 0.05) is 11.3 Å². The number of nitrogens with two attached hydrogens (primary N) is 1. The third-order valence-corrected chi connectivity index (χ3v) is 2.57. The molecule has 0 heterocycles. The molecule has 78 valence electrons. The van der Waals surface area contributed by atoms with Crippen LogP contribution in [0.25, 0.3) is 0 Å². The summed E-state index contributed by atoms with van der Waals surface area (Å²) in [5, 5.41) is 0. The summed E-state index contributed by atoms with van der Waals surface area (Å²) >= 11 is 0. The molecule has 3 nitrogen and oxygen atoms in total. The lowest BCUT2D eigenvalue weighted by Crippen LogP contribution is -2.06. The zero-order valence-electron chi connectivity index (χ0n) is 7.61. The Morgan fingerprint density at radius 2 is 1.93 bits per heavy atom. The fourth-order valence-electron chi connectivity index (χ4n) is 0.920. The van der Waals surface area contributed by atoms with Crippen LogP contribution in [0, 0.1) is 0 Å². The van der Waals surface area contributed by atoms with E-state index in [0.29, 0.717) is 13.2 Å². The molecule has 0 saturated carbocycles. The van der Waals surface area contributed by atoms with Gasteiger partial charge in [0.1, 0.15) is 5.75 Å². The third kappa shape index (κ3) is 4.19. The van der Waals surface area contributed by atoms with Crippen LogP contribution in [0.5, 0.6) is 5.75 Å². The highest BCUT2D eigenvalue weighted by Crippen LogP contribution is 2.23. The summed E-state index contributed by atoms with van der Waals surface area (Å²) in [5.41, 5.74) is 0. The molecule has 1 aromatic carbocycles. The molecule has 0 aliphatic carbocycles. The van der Waals surface area contributed by atoms with Crippen molar-refractivity contribution in [3.05, 3.63) is 24.3 Å². The monoisotopic (exact) mass is 233 g/mol.